The number of ether oxygens (including phenoxy) is 2. The minimum atomic E-state index is -0.0242. The van der Waals surface area contributed by atoms with E-state index in [9.17, 15) is 4.79 Å². The first-order valence-corrected chi connectivity index (χ1v) is 13.1. The molecule has 0 spiro atoms. The first kappa shape index (κ1) is 23.0. The average molecular weight is 488 g/mol. The molecule has 3 aliphatic heterocycles. The maximum Gasteiger partial charge on any atom is 0.225 e. The lowest BCUT2D eigenvalue weighted by atomic mass is 10.0. The molecule has 2 saturated heterocycles. The van der Waals surface area contributed by atoms with Crippen molar-refractivity contribution in [1.29, 1.82) is 0 Å². The first-order chi connectivity index (χ1) is 17.7. The second kappa shape index (κ2) is 10.3. The highest BCUT2D eigenvalue weighted by Crippen LogP contribution is 2.31. The van der Waals surface area contributed by atoms with Gasteiger partial charge in [-0.2, -0.15) is 0 Å². The lowest BCUT2D eigenvalue weighted by Crippen LogP contribution is -2.46. The van der Waals surface area contributed by atoms with Crippen LogP contribution >= 0.6 is 0 Å². The summed E-state index contributed by atoms with van der Waals surface area (Å²) in [5.74, 6) is 1.73. The van der Waals surface area contributed by atoms with Crippen LogP contribution in [0.3, 0.4) is 0 Å². The van der Waals surface area contributed by atoms with Gasteiger partial charge >= 0.3 is 0 Å². The van der Waals surface area contributed by atoms with Gasteiger partial charge < -0.3 is 24.6 Å². The largest absolute Gasteiger partial charge is 0.486 e. The quantitative estimate of drug-likeness (QED) is 0.549. The molecule has 2 fully saturated rings. The molecule has 1 unspecified atom stereocenters. The van der Waals surface area contributed by atoms with Crippen LogP contribution in [0.5, 0.6) is 11.5 Å². The highest BCUT2D eigenvalue weighted by atomic mass is 16.6. The molecule has 1 amide bonds. The number of benzene rings is 2. The Hall–Kier alpha value is -3.39. The van der Waals surface area contributed by atoms with E-state index in [1.165, 1.54) is 12.8 Å². The predicted molar refractivity (Wildman–Crippen MR) is 139 cm³/mol. The number of hydrogen-bond donors (Lipinski definition) is 1. The lowest BCUT2D eigenvalue weighted by Gasteiger charge is -2.27. The lowest BCUT2D eigenvalue weighted by molar-refractivity contribution is -0.125. The number of nitrogens with one attached hydrogen (secondary N) is 1. The number of rotatable bonds is 7. The third-order valence-corrected chi connectivity index (χ3v) is 7.49. The molecule has 188 valence electrons. The Morgan fingerprint density at radius 1 is 0.972 bits per heavy atom. The van der Waals surface area contributed by atoms with Gasteiger partial charge in [-0.25, -0.2) is 0 Å². The van der Waals surface area contributed by atoms with Crippen molar-refractivity contribution < 1.29 is 14.3 Å². The van der Waals surface area contributed by atoms with E-state index in [1.54, 1.807) is 12.4 Å². The highest BCUT2D eigenvalue weighted by molar-refractivity contribution is 5.82. The SMILES string of the molecule is O=C(NC(Cc1ccc2c(c1)OCCO2)CN1CCCC1)[C@@H]1CCN(c2ccc3nccnc3c2)C1. The van der Waals surface area contributed by atoms with Crippen molar-refractivity contribution in [2.45, 2.75) is 31.7 Å². The van der Waals surface area contributed by atoms with Crippen molar-refractivity contribution >= 4 is 22.6 Å². The summed E-state index contributed by atoms with van der Waals surface area (Å²) in [7, 11) is 0. The van der Waals surface area contributed by atoms with Crippen molar-refractivity contribution in [1.82, 2.24) is 20.2 Å². The number of nitrogens with zero attached hydrogens (tertiary/aromatic N) is 4. The smallest absolute Gasteiger partial charge is 0.225 e. The van der Waals surface area contributed by atoms with Gasteiger partial charge in [0.15, 0.2) is 11.5 Å². The van der Waals surface area contributed by atoms with Gasteiger partial charge in [0, 0.05) is 43.8 Å². The zero-order chi connectivity index (χ0) is 24.3. The molecule has 2 atom stereocenters. The van der Waals surface area contributed by atoms with Gasteiger partial charge in [-0.15, -0.1) is 0 Å². The topological polar surface area (TPSA) is 79.8 Å². The van der Waals surface area contributed by atoms with Crippen molar-refractivity contribution in [2.75, 3.05) is 50.8 Å². The molecule has 0 aliphatic carbocycles. The summed E-state index contributed by atoms with van der Waals surface area (Å²) in [5, 5.41) is 3.41. The van der Waals surface area contributed by atoms with Gasteiger partial charge in [0.1, 0.15) is 13.2 Å². The highest BCUT2D eigenvalue weighted by Gasteiger charge is 2.31. The Morgan fingerprint density at radius 3 is 2.64 bits per heavy atom. The zero-order valence-corrected chi connectivity index (χ0v) is 20.6. The molecule has 8 nitrogen and oxygen atoms in total. The van der Waals surface area contributed by atoms with E-state index >= 15 is 0 Å². The second-order valence-corrected chi connectivity index (χ2v) is 10.1. The third-order valence-electron chi connectivity index (χ3n) is 7.49. The molecular formula is C28H33N5O3. The van der Waals surface area contributed by atoms with E-state index in [-0.39, 0.29) is 17.9 Å². The van der Waals surface area contributed by atoms with Gasteiger partial charge in [-0.3, -0.25) is 14.8 Å². The van der Waals surface area contributed by atoms with E-state index in [0.29, 0.717) is 13.2 Å². The predicted octanol–water partition coefficient (Wildman–Crippen LogP) is 3.05. The number of hydrogen-bond acceptors (Lipinski definition) is 7. The molecule has 3 aliphatic rings. The Labute approximate surface area is 211 Å². The van der Waals surface area contributed by atoms with Crippen molar-refractivity contribution in [3.05, 3.63) is 54.4 Å². The van der Waals surface area contributed by atoms with E-state index in [0.717, 1.165) is 79.3 Å². The Bertz CT molecular complexity index is 1230. The number of carbonyl (C=O) groups excluding carboxylic acids is 1. The molecule has 0 saturated carbocycles. The maximum absolute atomic E-state index is 13.4. The summed E-state index contributed by atoms with van der Waals surface area (Å²) in [5.41, 5.74) is 4.03. The molecule has 1 N–H and O–H groups in total. The second-order valence-electron chi connectivity index (χ2n) is 10.1. The number of anilines is 1. The molecule has 3 aromatic rings. The number of carbonyl (C=O) groups is 1. The van der Waals surface area contributed by atoms with Crippen molar-refractivity contribution in [2.24, 2.45) is 5.92 Å². The van der Waals surface area contributed by atoms with Crippen LogP contribution in [0.25, 0.3) is 11.0 Å². The molecule has 8 heteroatoms. The van der Waals surface area contributed by atoms with Crippen molar-refractivity contribution in [3.8, 4) is 11.5 Å². The molecule has 2 aromatic carbocycles. The molecule has 36 heavy (non-hydrogen) atoms. The summed E-state index contributed by atoms with van der Waals surface area (Å²) in [6.07, 6.45) is 7.52. The molecule has 0 bridgehead atoms. The van der Waals surface area contributed by atoms with Gasteiger partial charge in [0.05, 0.1) is 17.0 Å². The first-order valence-electron chi connectivity index (χ1n) is 13.1. The molecule has 6 rings (SSSR count). The fraction of sp³-hybridized carbons (Fsp3) is 0.464. The Kier molecular flexibility index (Phi) is 6.59. The number of aromatic nitrogens is 2. The number of amides is 1. The van der Waals surface area contributed by atoms with Crippen LogP contribution < -0.4 is 19.7 Å². The standard InChI is InChI=1S/C28H33N5O3/c34-28(21-7-12-33(18-21)23-4-5-24-25(17-23)30-9-8-29-24)31-22(19-32-10-1-2-11-32)15-20-3-6-26-27(16-20)36-14-13-35-26/h3-6,8-9,16-17,21-22H,1-2,7,10-15,18-19H2,(H,31,34)/t21-,22?/m1/s1. The van der Waals surface area contributed by atoms with E-state index in [1.807, 2.05) is 12.1 Å². The Balaban J connectivity index is 1.12. The zero-order valence-electron chi connectivity index (χ0n) is 20.6. The van der Waals surface area contributed by atoms with Crippen LogP contribution in [0.4, 0.5) is 5.69 Å². The van der Waals surface area contributed by atoms with Crippen LogP contribution in [0, 0.1) is 5.92 Å². The summed E-state index contributed by atoms with van der Waals surface area (Å²) in [6, 6.07) is 12.4. The molecular weight excluding hydrogens is 454 g/mol. The normalized spacial score (nSPS) is 20.6. The maximum atomic E-state index is 13.4. The number of likely N-dealkylation sites (tertiary alicyclic amines) is 1. The average Bonchev–Trinajstić information content (AvgIpc) is 3.61. The van der Waals surface area contributed by atoms with Crippen LogP contribution in [0.1, 0.15) is 24.8 Å². The van der Waals surface area contributed by atoms with Gasteiger partial charge in [0.25, 0.3) is 0 Å². The van der Waals surface area contributed by atoms with E-state index < -0.39 is 0 Å². The van der Waals surface area contributed by atoms with E-state index in [2.05, 4.69) is 49.4 Å². The summed E-state index contributed by atoms with van der Waals surface area (Å²) in [4.78, 5) is 27.0. The fourth-order valence-electron chi connectivity index (χ4n) is 5.61. The summed E-state index contributed by atoms with van der Waals surface area (Å²) in [6.45, 7) is 5.84. The summed E-state index contributed by atoms with van der Waals surface area (Å²) < 4.78 is 11.5. The molecule has 4 heterocycles. The van der Waals surface area contributed by atoms with Crippen LogP contribution in [-0.2, 0) is 11.2 Å². The fourth-order valence-corrected chi connectivity index (χ4v) is 5.61. The van der Waals surface area contributed by atoms with Gasteiger partial charge in [-0.05, 0) is 74.7 Å². The van der Waals surface area contributed by atoms with Crippen molar-refractivity contribution in [3.63, 3.8) is 0 Å². The van der Waals surface area contributed by atoms with Crippen LogP contribution in [0.15, 0.2) is 48.8 Å². The number of fused-ring (bicyclic) bond motifs is 2. The van der Waals surface area contributed by atoms with Crippen LogP contribution in [0.2, 0.25) is 0 Å². The van der Waals surface area contributed by atoms with Gasteiger partial charge in [-0.1, -0.05) is 6.07 Å². The van der Waals surface area contributed by atoms with Crippen LogP contribution in [-0.4, -0.2) is 72.8 Å². The minimum absolute atomic E-state index is 0.0242. The molecule has 0 radical (unpaired) electrons. The van der Waals surface area contributed by atoms with E-state index in [4.69, 9.17) is 9.47 Å². The monoisotopic (exact) mass is 487 g/mol. The molecule has 1 aromatic heterocycles. The van der Waals surface area contributed by atoms with Gasteiger partial charge in [0.2, 0.25) is 5.91 Å². The summed E-state index contributed by atoms with van der Waals surface area (Å²) >= 11 is 0. The third kappa shape index (κ3) is 5.09. The minimum Gasteiger partial charge on any atom is -0.486 e. The Morgan fingerprint density at radius 2 is 1.78 bits per heavy atom.